The molecule has 136 valence electrons. The Morgan fingerprint density at radius 3 is 2.72 bits per heavy atom. The number of methoxy groups -OCH3 is 1. The number of aryl methyl sites for hydroxylation is 1. The van der Waals surface area contributed by atoms with Crippen LogP contribution in [-0.2, 0) is 16.8 Å². The number of aromatic nitrogens is 4. The molecule has 2 aromatic heterocycles. The van der Waals surface area contributed by atoms with Crippen molar-refractivity contribution in [2.45, 2.75) is 58.6 Å². The number of hydrogen-bond donors (Lipinski definition) is 0. The number of anilines is 1. The van der Waals surface area contributed by atoms with Crippen LogP contribution in [0.25, 0.3) is 0 Å². The zero-order chi connectivity index (χ0) is 18.0. The molecule has 1 aliphatic heterocycles. The summed E-state index contributed by atoms with van der Waals surface area (Å²) in [7, 11) is 1.70. The Balaban J connectivity index is 1.87. The van der Waals surface area contributed by atoms with Gasteiger partial charge in [0.2, 0.25) is 0 Å². The standard InChI is InChI=1S/C19H29N5O/c1-14-10-20-24(11-14)16-7-6-8-23(12-16)17-9-15(13-25-5)21-18(22-17)19(2,3)4/h9-11,16H,6-8,12-13H2,1-5H3. The predicted octanol–water partition coefficient (Wildman–Crippen LogP) is 3.27. The van der Waals surface area contributed by atoms with Crippen LogP contribution in [0.5, 0.6) is 0 Å². The SMILES string of the molecule is COCc1cc(N2CCCC(n3cc(C)cn3)C2)nc(C(C)(C)C)n1. The topological polar surface area (TPSA) is 56.1 Å². The van der Waals surface area contributed by atoms with Crippen molar-refractivity contribution in [3.8, 4) is 0 Å². The average Bonchev–Trinajstić information content (AvgIpc) is 3.01. The van der Waals surface area contributed by atoms with Crippen LogP contribution in [0.1, 0.15) is 56.7 Å². The maximum atomic E-state index is 5.31. The summed E-state index contributed by atoms with van der Waals surface area (Å²) >= 11 is 0. The minimum absolute atomic E-state index is 0.0905. The van der Waals surface area contributed by atoms with Crippen LogP contribution < -0.4 is 4.90 Å². The van der Waals surface area contributed by atoms with Gasteiger partial charge in [-0.15, -0.1) is 0 Å². The van der Waals surface area contributed by atoms with Gasteiger partial charge in [-0.05, 0) is 25.3 Å². The van der Waals surface area contributed by atoms with Gasteiger partial charge < -0.3 is 9.64 Å². The largest absolute Gasteiger partial charge is 0.378 e. The molecule has 1 atom stereocenters. The molecular weight excluding hydrogens is 314 g/mol. The number of piperidine rings is 1. The monoisotopic (exact) mass is 343 g/mol. The van der Waals surface area contributed by atoms with Crippen molar-refractivity contribution in [3.05, 3.63) is 35.5 Å². The molecule has 0 aromatic carbocycles. The quantitative estimate of drug-likeness (QED) is 0.853. The predicted molar refractivity (Wildman–Crippen MR) is 98.9 cm³/mol. The summed E-state index contributed by atoms with van der Waals surface area (Å²) in [5.41, 5.74) is 2.05. The smallest absolute Gasteiger partial charge is 0.136 e. The van der Waals surface area contributed by atoms with E-state index in [0.29, 0.717) is 12.6 Å². The van der Waals surface area contributed by atoms with Gasteiger partial charge in [0.05, 0.1) is 24.5 Å². The number of nitrogens with zero attached hydrogens (tertiary/aromatic N) is 5. The molecule has 1 saturated heterocycles. The molecule has 1 fully saturated rings. The molecule has 0 aliphatic carbocycles. The summed E-state index contributed by atoms with van der Waals surface area (Å²) in [5, 5.41) is 4.51. The van der Waals surface area contributed by atoms with Gasteiger partial charge >= 0.3 is 0 Å². The van der Waals surface area contributed by atoms with Crippen molar-refractivity contribution in [1.29, 1.82) is 0 Å². The molecule has 0 radical (unpaired) electrons. The Morgan fingerprint density at radius 1 is 1.28 bits per heavy atom. The summed E-state index contributed by atoms with van der Waals surface area (Å²) in [4.78, 5) is 11.9. The molecule has 6 nitrogen and oxygen atoms in total. The van der Waals surface area contributed by atoms with Crippen LogP contribution in [0.2, 0.25) is 0 Å². The lowest BCUT2D eigenvalue weighted by Crippen LogP contribution is -2.38. The van der Waals surface area contributed by atoms with Gasteiger partial charge in [-0.1, -0.05) is 20.8 Å². The van der Waals surface area contributed by atoms with Crippen LogP contribution in [0.15, 0.2) is 18.5 Å². The Bertz CT molecular complexity index is 719. The van der Waals surface area contributed by atoms with Gasteiger partial charge in [0.1, 0.15) is 11.6 Å². The van der Waals surface area contributed by atoms with E-state index in [1.807, 2.05) is 6.20 Å². The minimum atomic E-state index is -0.0905. The maximum Gasteiger partial charge on any atom is 0.136 e. The first-order valence-electron chi connectivity index (χ1n) is 9.00. The molecule has 3 rings (SSSR count). The van der Waals surface area contributed by atoms with Gasteiger partial charge in [-0.25, -0.2) is 9.97 Å². The molecule has 1 aliphatic rings. The molecule has 0 bridgehead atoms. The van der Waals surface area contributed by atoms with E-state index in [2.05, 4.69) is 59.6 Å². The highest BCUT2D eigenvalue weighted by Gasteiger charge is 2.25. The molecule has 6 heteroatoms. The van der Waals surface area contributed by atoms with E-state index in [1.165, 1.54) is 5.56 Å². The summed E-state index contributed by atoms with van der Waals surface area (Å²) < 4.78 is 7.41. The first-order chi connectivity index (χ1) is 11.9. The van der Waals surface area contributed by atoms with Crippen LogP contribution in [0.4, 0.5) is 5.82 Å². The van der Waals surface area contributed by atoms with E-state index >= 15 is 0 Å². The van der Waals surface area contributed by atoms with Crippen LogP contribution in [0, 0.1) is 6.92 Å². The molecule has 0 N–H and O–H groups in total. The van der Waals surface area contributed by atoms with E-state index in [9.17, 15) is 0 Å². The Labute approximate surface area is 150 Å². The summed E-state index contributed by atoms with van der Waals surface area (Å²) in [6, 6.07) is 2.46. The van der Waals surface area contributed by atoms with E-state index in [1.54, 1.807) is 7.11 Å². The fourth-order valence-corrected chi connectivity index (χ4v) is 3.21. The third kappa shape index (κ3) is 4.18. The first kappa shape index (κ1) is 17.9. The zero-order valence-corrected chi connectivity index (χ0v) is 16.0. The van der Waals surface area contributed by atoms with Crippen molar-refractivity contribution in [2.24, 2.45) is 0 Å². The maximum absolute atomic E-state index is 5.31. The van der Waals surface area contributed by atoms with Gasteiger partial charge in [0.15, 0.2) is 0 Å². The summed E-state index contributed by atoms with van der Waals surface area (Å²) in [5.74, 6) is 1.87. The van der Waals surface area contributed by atoms with Crippen LogP contribution >= 0.6 is 0 Å². The first-order valence-corrected chi connectivity index (χ1v) is 9.00. The molecule has 0 amide bonds. The van der Waals surface area contributed by atoms with Crippen molar-refractivity contribution in [3.63, 3.8) is 0 Å². The van der Waals surface area contributed by atoms with Crippen molar-refractivity contribution in [2.75, 3.05) is 25.1 Å². The van der Waals surface area contributed by atoms with E-state index in [0.717, 1.165) is 43.3 Å². The molecule has 25 heavy (non-hydrogen) atoms. The Kier molecular flexibility index (Phi) is 5.08. The molecule has 2 aromatic rings. The van der Waals surface area contributed by atoms with Gasteiger partial charge in [-0.2, -0.15) is 5.10 Å². The lowest BCUT2D eigenvalue weighted by Gasteiger charge is -2.34. The number of ether oxygens (including phenoxy) is 1. The molecule has 0 saturated carbocycles. The summed E-state index contributed by atoms with van der Waals surface area (Å²) in [6.07, 6.45) is 6.35. The highest BCUT2D eigenvalue weighted by molar-refractivity contribution is 5.41. The zero-order valence-electron chi connectivity index (χ0n) is 16.0. The molecule has 1 unspecified atom stereocenters. The highest BCUT2D eigenvalue weighted by Crippen LogP contribution is 2.27. The molecule has 0 spiro atoms. The van der Waals surface area contributed by atoms with E-state index in [4.69, 9.17) is 9.72 Å². The van der Waals surface area contributed by atoms with Crippen molar-refractivity contribution < 1.29 is 4.74 Å². The van der Waals surface area contributed by atoms with Gasteiger partial charge in [0.25, 0.3) is 0 Å². The lowest BCUT2D eigenvalue weighted by atomic mass is 9.95. The second kappa shape index (κ2) is 7.12. The van der Waals surface area contributed by atoms with Crippen LogP contribution in [0.3, 0.4) is 0 Å². The van der Waals surface area contributed by atoms with E-state index < -0.39 is 0 Å². The highest BCUT2D eigenvalue weighted by atomic mass is 16.5. The second-order valence-corrected chi connectivity index (χ2v) is 7.96. The Hall–Kier alpha value is -1.95. The van der Waals surface area contributed by atoms with Gasteiger partial charge in [-0.3, -0.25) is 4.68 Å². The fraction of sp³-hybridized carbons (Fsp3) is 0.632. The normalized spacial score (nSPS) is 18.6. The van der Waals surface area contributed by atoms with Crippen molar-refractivity contribution >= 4 is 5.82 Å². The second-order valence-electron chi connectivity index (χ2n) is 7.96. The third-order valence-electron chi connectivity index (χ3n) is 4.55. The number of rotatable bonds is 4. The lowest BCUT2D eigenvalue weighted by molar-refractivity contribution is 0.181. The minimum Gasteiger partial charge on any atom is -0.378 e. The summed E-state index contributed by atoms with van der Waals surface area (Å²) in [6.45, 7) is 11.0. The number of hydrogen-bond acceptors (Lipinski definition) is 5. The third-order valence-corrected chi connectivity index (χ3v) is 4.55. The average molecular weight is 343 g/mol. The Morgan fingerprint density at radius 2 is 2.08 bits per heavy atom. The molecular formula is C19H29N5O. The fourth-order valence-electron chi connectivity index (χ4n) is 3.21. The van der Waals surface area contributed by atoms with Crippen LogP contribution in [-0.4, -0.2) is 39.9 Å². The van der Waals surface area contributed by atoms with Crippen molar-refractivity contribution in [1.82, 2.24) is 19.7 Å². The van der Waals surface area contributed by atoms with E-state index in [-0.39, 0.29) is 5.41 Å². The van der Waals surface area contributed by atoms with Gasteiger partial charge in [0, 0.05) is 37.9 Å². The molecule has 3 heterocycles.